The number of aromatic nitrogens is 3. The third-order valence-electron chi connectivity index (χ3n) is 3.31. The molecular formula is C16H18N4O. The quantitative estimate of drug-likeness (QED) is 0.557. The van der Waals surface area contributed by atoms with Gasteiger partial charge in [0.15, 0.2) is 0 Å². The van der Waals surface area contributed by atoms with E-state index >= 15 is 0 Å². The smallest absolute Gasteiger partial charge is 0.121 e. The molecule has 0 radical (unpaired) electrons. The van der Waals surface area contributed by atoms with Gasteiger partial charge in [0.25, 0.3) is 0 Å². The average Bonchev–Trinajstić information content (AvgIpc) is 2.90. The van der Waals surface area contributed by atoms with Crippen molar-refractivity contribution in [1.82, 2.24) is 15.0 Å². The minimum Gasteiger partial charge on any atom is -0.494 e. The molecule has 0 amide bonds. The van der Waals surface area contributed by atoms with E-state index in [0.29, 0.717) is 6.61 Å². The van der Waals surface area contributed by atoms with Crippen LogP contribution in [-0.4, -0.2) is 21.6 Å². The lowest BCUT2D eigenvalue weighted by Crippen LogP contribution is -2.03. The fourth-order valence-electron chi connectivity index (χ4n) is 2.24. The second-order valence-corrected chi connectivity index (χ2v) is 4.93. The van der Waals surface area contributed by atoms with Crippen LogP contribution in [0.15, 0.2) is 48.5 Å². The molecule has 108 valence electrons. The number of fused-ring (bicyclic) bond motifs is 1. The summed E-state index contributed by atoms with van der Waals surface area (Å²) < 4.78 is 7.61. The van der Waals surface area contributed by atoms with Gasteiger partial charge >= 0.3 is 0 Å². The third kappa shape index (κ3) is 3.31. The number of aryl methyl sites for hydroxylation is 1. The van der Waals surface area contributed by atoms with Crippen LogP contribution < -0.4 is 10.5 Å². The SMILES string of the molecule is Nc1cccc(OCCCCn2nnc3ccccc32)c1. The predicted molar refractivity (Wildman–Crippen MR) is 83.1 cm³/mol. The lowest BCUT2D eigenvalue weighted by atomic mass is 10.3. The molecule has 2 aromatic carbocycles. The molecule has 5 heteroatoms. The number of anilines is 1. The highest BCUT2D eigenvalue weighted by Gasteiger charge is 2.02. The Kier molecular flexibility index (Phi) is 4.00. The van der Waals surface area contributed by atoms with Crippen molar-refractivity contribution < 1.29 is 4.74 Å². The first kappa shape index (κ1) is 13.4. The molecule has 3 aromatic rings. The lowest BCUT2D eigenvalue weighted by molar-refractivity contribution is 0.302. The van der Waals surface area contributed by atoms with E-state index in [-0.39, 0.29) is 0 Å². The summed E-state index contributed by atoms with van der Waals surface area (Å²) in [5.41, 5.74) is 8.45. The Morgan fingerprint density at radius 3 is 2.86 bits per heavy atom. The number of nitrogens with two attached hydrogens (primary N) is 1. The van der Waals surface area contributed by atoms with Gasteiger partial charge in [0, 0.05) is 18.3 Å². The summed E-state index contributed by atoms with van der Waals surface area (Å²) in [7, 11) is 0. The third-order valence-corrected chi connectivity index (χ3v) is 3.31. The van der Waals surface area contributed by atoms with E-state index in [4.69, 9.17) is 10.5 Å². The summed E-state index contributed by atoms with van der Waals surface area (Å²) in [6.07, 6.45) is 1.96. The number of hydrogen-bond donors (Lipinski definition) is 1. The molecule has 1 heterocycles. The highest BCUT2D eigenvalue weighted by molar-refractivity contribution is 5.73. The van der Waals surface area contributed by atoms with Crippen LogP contribution in [0.4, 0.5) is 5.69 Å². The van der Waals surface area contributed by atoms with Crippen LogP contribution in [0.3, 0.4) is 0 Å². The second-order valence-electron chi connectivity index (χ2n) is 4.93. The molecule has 2 N–H and O–H groups in total. The van der Waals surface area contributed by atoms with Crippen molar-refractivity contribution in [3.8, 4) is 5.75 Å². The molecule has 0 fully saturated rings. The van der Waals surface area contributed by atoms with Crippen molar-refractivity contribution >= 4 is 16.7 Å². The standard InChI is InChI=1S/C16H18N4O/c17-13-6-5-7-14(12-13)21-11-4-3-10-20-16-9-2-1-8-15(16)18-19-20/h1-2,5-9,12H,3-4,10-11,17H2. The fraction of sp³-hybridized carbons (Fsp3) is 0.250. The molecule has 0 aliphatic heterocycles. The minimum atomic E-state index is 0.677. The van der Waals surface area contributed by atoms with Crippen molar-refractivity contribution in [3.63, 3.8) is 0 Å². The van der Waals surface area contributed by atoms with Gasteiger partial charge in [-0.05, 0) is 37.1 Å². The normalized spacial score (nSPS) is 10.9. The molecule has 0 bridgehead atoms. The Morgan fingerprint density at radius 2 is 1.95 bits per heavy atom. The van der Waals surface area contributed by atoms with Gasteiger partial charge in [-0.1, -0.05) is 23.4 Å². The monoisotopic (exact) mass is 282 g/mol. The number of ether oxygens (including phenoxy) is 1. The maximum absolute atomic E-state index is 5.71. The van der Waals surface area contributed by atoms with Crippen molar-refractivity contribution in [3.05, 3.63) is 48.5 Å². The van der Waals surface area contributed by atoms with Crippen LogP contribution in [0.1, 0.15) is 12.8 Å². The van der Waals surface area contributed by atoms with Gasteiger partial charge in [-0.15, -0.1) is 5.10 Å². The summed E-state index contributed by atoms with van der Waals surface area (Å²) in [6.45, 7) is 1.52. The van der Waals surface area contributed by atoms with E-state index in [1.165, 1.54) is 0 Å². The van der Waals surface area contributed by atoms with E-state index in [0.717, 1.165) is 41.9 Å². The molecule has 0 aliphatic carbocycles. The van der Waals surface area contributed by atoms with Gasteiger partial charge in [-0.25, -0.2) is 4.68 Å². The largest absolute Gasteiger partial charge is 0.494 e. The summed E-state index contributed by atoms with van der Waals surface area (Å²) >= 11 is 0. The topological polar surface area (TPSA) is 66.0 Å². The number of hydrogen-bond acceptors (Lipinski definition) is 4. The van der Waals surface area contributed by atoms with E-state index in [1.807, 2.05) is 53.2 Å². The predicted octanol–water partition coefficient (Wildman–Crippen LogP) is 2.87. The molecule has 0 spiro atoms. The summed E-state index contributed by atoms with van der Waals surface area (Å²) in [6, 6.07) is 15.5. The van der Waals surface area contributed by atoms with Crippen LogP contribution in [0.5, 0.6) is 5.75 Å². The van der Waals surface area contributed by atoms with Crippen molar-refractivity contribution in [2.75, 3.05) is 12.3 Å². The number of unbranched alkanes of at least 4 members (excludes halogenated alkanes) is 1. The molecule has 5 nitrogen and oxygen atoms in total. The Balaban J connectivity index is 1.46. The fourth-order valence-corrected chi connectivity index (χ4v) is 2.24. The van der Waals surface area contributed by atoms with Gasteiger partial charge < -0.3 is 10.5 Å². The summed E-state index contributed by atoms with van der Waals surface area (Å²) in [5.74, 6) is 0.821. The Bertz CT molecular complexity index is 723. The number of nitrogen functional groups attached to an aromatic ring is 1. The maximum Gasteiger partial charge on any atom is 0.121 e. The second kappa shape index (κ2) is 6.26. The zero-order valence-corrected chi connectivity index (χ0v) is 11.8. The molecule has 0 aliphatic rings. The first-order chi connectivity index (χ1) is 10.3. The zero-order chi connectivity index (χ0) is 14.5. The number of nitrogens with zero attached hydrogens (tertiary/aromatic N) is 3. The van der Waals surface area contributed by atoms with Crippen LogP contribution >= 0.6 is 0 Å². The maximum atomic E-state index is 5.71. The van der Waals surface area contributed by atoms with Crippen LogP contribution in [0, 0.1) is 0 Å². The zero-order valence-electron chi connectivity index (χ0n) is 11.8. The first-order valence-corrected chi connectivity index (χ1v) is 7.09. The van der Waals surface area contributed by atoms with E-state index in [1.54, 1.807) is 0 Å². The van der Waals surface area contributed by atoms with Gasteiger partial charge in [-0.3, -0.25) is 0 Å². The summed E-state index contributed by atoms with van der Waals surface area (Å²) in [4.78, 5) is 0. The molecule has 0 atom stereocenters. The molecule has 1 aromatic heterocycles. The average molecular weight is 282 g/mol. The van der Waals surface area contributed by atoms with E-state index in [2.05, 4.69) is 10.3 Å². The molecule has 0 unspecified atom stereocenters. The van der Waals surface area contributed by atoms with Crippen LogP contribution in [0.25, 0.3) is 11.0 Å². The Hall–Kier alpha value is -2.56. The van der Waals surface area contributed by atoms with Crippen molar-refractivity contribution in [1.29, 1.82) is 0 Å². The van der Waals surface area contributed by atoms with E-state index in [9.17, 15) is 0 Å². The number of rotatable bonds is 6. The molecule has 3 rings (SSSR count). The number of benzene rings is 2. The highest BCUT2D eigenvalue weighted by atomic mass is 16.5. The van der Waals surface area contributed by atoms with Crippen molar-refractivity contribution in [2.24, 2.45) is 0 Å². The molecular weight excluding hydrogens is 264 g/mol. The Morgan fingerprint density at radius 1 is 1.05 bits per heavy atom. The molecule has 21 heavy (non-hydrogen) atoms. The minimum absolute atomic E-state index is 0.677. The summed E-state index contributed by atoms with van der Waals surface area (Å²) in [5, 5.41) is 8.31. The van der Waals surface area contributed by atoms with Crippen molar-refractivity contribution in [2.45, 2.75) is 19.4 Å². The van der Waals surface area contributed by atoms with Crippen LogP contribution in [0.2, 0.25) is 0 Å². The van der Waals surface area contributed by atoms with Gasteiger partial charge in [0.1, 0.15) is 11.3 Å². The molecule has 0 saturated heterocycles. The van der Waals surface area contributed by atoms with E-state index < -0.39 is 0 Å². The number of para-hydroxylation sites is 1. The van der Waals surface area contributed by atoms with Gasteiger partial charge in [0.2, 0.25) is 0 Å². The lowest BCUT2D eigenvalue weighted by Gasteiger charge is -2.07. The first-order valence-electron chi connectivity index (χ1n) is 7.09. The highest BCUT2D eigenvalue weighted by Crippen LogP contribution is 2.15. The molecule has 0 saturated carbocycles. The van der Waals surface area contributed by atoms with Gasteiger partial charge in [0.05, 0.1) is 12.1 Å². The Labute approximate surface area is 123 Å². The van der Waals surface area contributed by atoms with Gasteiger partial charge in [-0.2, -0.15) is 0 Å². The van der Waals surface area contributed by atoms with Crippen LogP contribution in [-0.2, 0) is 6.54 Å².